The summed E-state index contributed by atoms with van der Waals surface area (Å²) in [6.07, 6.45) is -0.194. The number of aryl methyl sites for hydroxylation is 1. The van der Waals surface area contributed by atoms with Gasteiger partial charge >= 0.3 is 11.6 Å². The lowest BCUT2D eigenvalue weighted by molar-refractivity contribution is -0.139. The van der Waals surface area contributed by atoms with Gasteiger partial charge in [0.05, 0.1) is 29.7 Å². The summed E-state index contributed by atoms with van der Waals surface area (Å²) < 4.78 is 10.1. The highest BCUT2D eigenvalue weighted by atomic mass is 35.5. The van der Waals surface area contributed by atoms with Crippen LogP contribution in [0.25, 0.3) is 11.0 Å². The summed E-state index contributed by atoms with van der Waals surface area (Å²) in [6.45, 7) is 2.53. The van der Waals surface area contributed by atoms with Crippen molar-refractivity contribution in [3.8, 4) is 5.75 Å². The summed E-state index contributed by atoms with van der Waals surface area (Å²) in [5.74, 6) is -0.678. The lowest BCUT2D eigenvalue weighted by atomic mass is 10.0. The fourth-order valence-electron chi connectivity index (χ4n) is 3.05. The van der Waals surface area contributed by atoms with Crippen LogP contribution in [0.4, 0.5) is 0 Å². The van der Waals surface area contributed by atoms with Crippen LogP contribution in [-0.4, -0.2) is 18.2 Å². The van der Waals surface area contributed by atoms with Crippen molar-refractivity contribution >= 4 is 40.9 Å². The summed E-state index contributed by atoms with van der Waals surface area (Å²) in [5, 5.41) is 14.3. The molecule has 0 amide bonds. The van der Waals surface area contributed by atoms with Crippen molar-refractivity contribution in [2.75, 3.05) is 7.11 Å². The molecule has 0 spiro atoms. The van der Waals surface area contributed by atoms with E-state index in [4.69, 9.17) is 16.0 Å². The van der Waals surface area contributed by atoms with Crippen LogP contribution in [0.15, 0.2) is 45.6 Å². The molecule has 0 aliphatic rings. The van der Waals surface area contributed by atoms with E-state index in [2.05, 4.69) is 10.1 Å². The van der Waals surface area contributed by atoms with Crippen molar-refractivity contribution < 1.29 is 19.1 Å². The van der Waals surface area contributed by atoms with Gasteiger partial charge in [0.25, 0.3) is 0 Å². The van der Waals surface area contributed by atoms with Crippen LogP contribution >= 0.6 is 24.0 Å². The van der Waals surface area contributed by atoms with Crippen LogP contribution in [0, 0.1) is 6.92 Å². The van der Waals surface area contributed by atoms with E-state index in [-0.39, 0.29) is 47.3 Å². The fourth-order valence-corrected chi connectivity index (χ4v) is 3.28. The molecule has 154 valence electrons. The predicted molar refractivity (Wildman–Crippen MR) is 114 cm³/mol. The van der Waals surface area contributed by atoms with Gasteiger partial charge in [0.2, 0.25) is 0 Å². The molecular formula is C21H21Cl2NO5. The Morgan fingerprint density at radius 3 is 2.55 bits per heavy atom. The zero-order chi connectivity index (χ0) is 20.3. The van der Waals surface area contributed by atoms with Crippen LogP contribution in [0.5, 0.6) is 5.75 Å². The number of aromatic hydroxyl groups is 1. The van der Waals surface area contributed by atoms with Gasteiger partial charge < -0.3 is 19.6 Å². The molecule has 0 bridgehead atoms. The Balaban J connectivity index is 0.00000300. The number of carbonyl (C=O) groups excluding carboxylic acids is 1. The van der Waals surface area contributed by atoms with Crippen LogP contribution in [0.2, 0.25) is 5.02 Å². The SMILES string of the molecule is COC(=O)Cc1c(C)c2cc(Cl)c(O)c(CNCc3ccccc3)c2oc1=O.Cl. The minimum absolute atomic E-state index is 0. The van der Waals surface area contributed by atoms with Crippen LogP contribution < -0.4 is 10.9 Å². The average molecular weight is 438 g/mol. The molecule has 0 aliphatic heterocycles. The molecule has 0 saturated heterocycles. The summed E-state index contributed by atoms with van der Waals surface area (Å²) >= 11 is 6.20. The molecule has 2 N–H and O–H groups in total. The van der Waals surface area contributed by atoms with Gasteiger partial charge in [-0.25, -0.2) is 4.79 Å². The van der Waals surface area contributed by atoms with Crippen molar-refractivity contribution in [1.29, 1.82) is 0 Å². The Bertz CT molecular complexity index is 1080. The van der Waals surface area contributed by atoms with Gasteiger partial charge in [-0.1, -0.05) is 41.9 Å². The number of benzene rings is 2. The molecule has 3 aromatic rings. The number of phenols is 1. The average Bonchev–Trinajstić information content (AvgIpc) is 2.69. The van der Waals surface area contributed by atoms with E-state index in [1.54, 1.807) is 6.92 Å². The first-order valence-corrected chi connectivity index (χ1v) is 9.08. The Morgan fingerprint density at radius 2 is 1.90 bits per heavy atom. The van der Waals surface area contributed by atoms with Crippen molar-refractivity contribution in [2.45, 2.75) is 26.4 Å². The number of phenolic OH excluding ortho intramolecular Hbond substituents is 1. The molecule has 8 heteroatoms. The van der Waals surface area contributed by atoms with Gasteiger partial charge in [-0.05, 0) is 24.1 Å². The summed E-state index contributed by atoms with van der Waals surface area (Å²) in [4.78, 5) is 24.0. The number of hydrogen-bond donors (Lipinski definition) is 2. The Labute approximate surface area is 178 Å². The zero-order valence-electron chi connectivity index (χ0n) is 16.0. The fraction of sp³-hybridized carbons (Fsp3) is 0.238. The maximum absolute atomic E-state index is 12.4. The quantitative estimate of drug-likeness (QED) is 0.449. The first kappa shape index (κ1) is 22.7. The monoisotopic (exact) mass is 437 g/mol. The van der Waals surface area contributed by atoms with Gasteiger partial charge in [-0.15, -0.1) is 12.4 Å². The highest BCUT2D eigenvalue weighted by Gasteiger charge is 2.20. The van der Waals surface area contributed by atoms with Gasteiger partial charge in [0.1, 0.15) is 11.3 Å². The Hall–Kier alpha value is -2.54. The maximum Gasteiger partial charge on any atom is 0.340 e. The summed E-state index contributed by atoms with van der Waals surface area (Å²) in [5.41, 5.74) is 1.86. The zero-order valence-corrected chi connectivity index (χ0v) is 17.5. The highest BCUT2D eigenvalue weighted by molar-refractivity contribution is 6.33. The van der Waals surface area contributed by atoms with Crippen molar-refractivity contribution in [2.24, 2.45) is 0 Å². The number of methoxy groups -OCH3 is 1. The second kappa shape index (κ2) is 9.78. The lowest BCUT2D eigenvalue weighted by Gasteiger charge is -2.14. The predicted octanol–water partition coefficient (Wildman–Crippen LogP) is 3.89. The van der Waals surface area contributed by atoms with Crippen molar-refractivity contribution in [3.05, 3.63) is 74.1 Å². The molecule has 1 aromatic heterocycles. The number of carbonyl (C=O) groups is 1. The number of rotatable bonds is 6. The van der Waals surface area contributed by atoms with E-state index < -0.39 is 11.6 Å². The molecular weight excluding hydrogens is 417 g/mol. The van der Waals surface area contributed by atoms with E-state index in [9.17, 15) is 14.7 Å². The van der Waals surface area contributed by atoms with Gasteiger partial charge in [0.15, 0.2) is 0 Å². The first-order chi connectivity index (χ1) is 13.4. The Morgan fingerprint density at radius 1 is 1.21 bits per heavy atom. The molecule has 6 nitrogen and oxygen atoms in total. The van der Waals surface area contributed by atoms with E-state index in [0.29, 0.717) is 23.1 Å². The second-order valence-electron chi connectivity index (χ2n) is 6.40. The second-order valence-corrected chi connectivity index (χ2v) is 6.80. The van der Waals surface area contributed by atoms with E-state index in [0.717, 1.165) is 5.56 Å². The molecule has 0 aliphatic carbocycles. The third kappa shape index (κ3) is 4.90. The van der Waals surface area contributed by atoms with Crippen LogP contribution in [0.3, 0.4) is 0 Å². The van der Waals surface area contributed by atoms with Gasteiger partial charge in [-0.2, -0.15) is 0 Å². The number of ether oxygens (including phenoxy) is 1. The third-order valence-corrected chi connectivity index (χ3v) is 4.91. The number of esters is 1. The van der Waals surface area contributed by atoms with E-state index in [1.165, 1.54) is 13.2 Å². The molecule has 2 aromatic carbocycles. The number of nitrogens with one attached hydrogen (secondary N) is 1. The minimum Gasteiger partial charge on any atom is -0.506 e. The van der Waals surface area contributed by atoms with Gasteiger partial charge in [-0.3, -0.25) is 4.79 Å². The van der Waals surface area contributed by atoms with E-state index in [1.807, 2.05) is 30.3 Å². The molecule has 1 heterocycles. The van der Waals surface area contributed by atoms with Gasteiger partial charge in [0, 0.05) is 18.5 Å². The van der Waals surface area contributed by atoms with Crippen molar-refractivity contribution in [1.82, 2.24) is 5.32 Å². The van der Waals surface area contributed by atoms with Crippen molar-refractivity contribution in [3.63, 3.8) is 0 Å². The molecule has 0 unspecified atom stereocenters. The van der Waals surface area contributed by atoms with Crippen LogP contribution in [-0.2, 0) is 29.0 Å². The standard InChI is InChI=1S/C21H20ClNO5.ClH/c1-12-14-8-17(22)19(25)16(11-23-10-13-6-4-3-5-7-13)20(14)28-21(26)15(12)9-18(24)27-2;/h3-8,23,25H,9-11H2,1-2H3;1H. The molecule has 0 radical (unpaired) electrons. The number of halogens is 2. The molecule has 0 saturated carbocycles. The smallest absolute Gasteiger partial charge is 0.340 e. The number of hydrogen-bond acceptors (Lipinski definition) is 6. The normalized spacial score (nSPS) is 10.6. The highest BCUT2D eigenvalue weighted by Crippen LogP contribution is 2.36. The minimum atomic E-state index is -0.638. The lowest BCUT2D eigenvalue weighted by Crippen LogP contribution is -2.18. The molecule has 3 rings (SSSR count). The van der Waals surface area contributed by atoms with E-state index >= 15 is 0 Å². The number of fused-ring (bicyclic) bond motifs is 1. The summed E-state index contributed by atoms with van der Waals surface area (Å²) in [7, 11) is 1.26. The third-order valence-electron chi connectivity index (χ3n) is 4.62. The molecule has 29 heavy (non-hydrogen) atoms. The maximum atomic E-state index is 12.4. The Kier molecular flexibility index (Phi) is 7.67. The largest absolute Gasteiger partial charge is 0.506 e. The molecule has 0 atom stereocenters. The first-order valence-electron chi connectivity index (χ1n) is 8.70. The van der Waals surface area contributed by atoms with Crippen LogP contribution in [0.1, 0.15) is 22.3 Å². The summed E-state index contributed by atoms with van der Waals surface area (Å²) in [6, 6.07) is 11.3. The molecule has 0 fully saturated rings. The topological polar surface area (TPSA) is 88.8 Å².